The summed E-state index contributed by atoms with van der Waals surface area (Å²) in [5.41, 5.74) is 0. The highest BCUT2D eigenvalue weighted by atomic mass is 16.3. The molecule has 1 amide bonds. The fraction of sp³-hybridized carbons (Fsp3) is 0.900. The highest BCUT2D eigenvalue weighted by Gasteiger charge is 2.17. The molecule has 0 aromatic rings. The first-order valence-corrected chi connectivity index (χ1v) is 5.36. The molecule has 4 heteroatoms. The fourth-order valence-electron chi connectivity index (χ4n) is 1.65. The Labute approximate surface area is 85.1 Å². The van der Waals surface area contributed by atoms with Crippen molar-refractivity contribution in [2.75, 3.05) is 13.1 Å². The van der Waals surface area contributed by atoms with Crippen molar-refractivity contribution in [1.29, 1.82) is 0 Å². The van der Waals surface area contributed by atoms with Crippen molar-refractivity contribution >= 4 is 5.91 Å². The van der Waals surface area contributed by atoms with Gasteiger partial charge >= 0.3 is 0 Å². The molecule has 1 aliphatic rings. The Morgan fingerprint density at radius 3 is 3.07 bits per heavy atom. The number of carbonyl (C=O) groups is 1. The summed E-state index contributed by atoms with van der Waals surface area (Å²) in [6.45, 7) is 3.33. The predicted molar refractivity (Wildman–Crippen MR) is 54.9 cm³/mol. The van der Waals surface area contributed by atoms with Gasteiger partial charge in [0.2, 0.25) is 5.91 Å². The zero-order valence-electron chi connectivity index (χ0n) is 8.75. The van der Waals surface area contributed by atoms with Crippen LogP contribution in [0.4, 0.5) is 0 Å². The van der Waals surface area contributed by atoms with E-state index >= 15 is 0 Å². The van der Waals surface area contributed by atoms with Crippen LogP contribution in [0.15, 0.2) is 0 Å². The van der Waals surface area contributed by atoms with Crippen LogP contribution in [0.5, 0.6) is 0 Å². The van der Waals surface area contributed by atoms with Crippen molar-refractivity contribution in [3.8, 4) is 0 Å². The van der Waals surface area contributed by atoms with E-state index in [0.29, 0.717) is 25.4 Å². The van der Waals surface area contributed by atoms with Gasteiger partial charge in [-0.2, -0.15) is 0 Å². The van der Waals surface area contributed by atoms with Crippen molar-refractivity contribution in [3.05, 3.63) is 0 Å². The monoisotopic (exact) mass is 200 g/mol. The number of aliphatic hydroxyl groups excluding tert-OH is 1. The predicted octanol–water partition coefficient (Wildman–Crippen LogP) is 0.0156. The number of amides is 1. The molecule has 0 spiro atoms. The zero-order chi connectivity index (χ0) is 10.4. The minimum absolute atomic E-state index is 0.0880. The molecule has 1 fully saturated rings. The van der Waals surface area contributed by atoms with Crippen molar-refractivity contribution in [3.63, 3.8) is 0 Å². The van der Waals surface area contributed by atoms with E-state index in [1.807, 2.05) is 0 Å². The molecule has 2 unspecified atom stereocenters. The smallest absolute Gasteiger partial charge is 0.221 e. The summed E-state index contributed by atoms with van der Waals surface area (Å²) in [5.74, 6) is 0.0880. The minimum atomic E-state index is -0.333. The van der Waals surface area contributed by atoms with Crippen LogP contribution in [0.25, 0.3) is 0 Å². The molecule has 0 bridgehead atoms. The van der Waals surface area contributed by atoms with Crippen LogP contribution < -0.4 is 10.6 Å². The van der Waals surface area contributed by atoms with E-state index in [0.717, 1.165) is 13.0 Å². The molecule has 0 saturated carbocycles. The number of hydrogen-bond donors (Lipinski definition) is 3. The van der Waals surface area contributed by atoms with Crippen molar-refractivity contribution < 1.29 is 9.90 Å². The lowest BCUT2D eigenvalue weighted by Crippen LogP contribution is -2.33. The number of carbonyl (C=O) groups excluding carboxylic acids is 1. The Hall–Kier alpha value is -0.610. The van der Waals surface area contributed by atoms with E-state index in [-0.39, 0.29) is 12.0 Å². The van der Waals surface area contributed by atoms with Gasteiger partial charge in [-0.05, 0) is 32.7 Å². The standard InChI is InChI=1S/C10H20N2O2/c1-8(13)4-6-12-10(14)7-9-3-2-5-11-9/h8-9,11,13H,2-7H2,1H3,(H,12,14). The molecule has 0 aromatic heterocycles. The van der Waals surface area contributed by atoms with Crippen molar-refractivity contribution in [2.45, 2.75) is 44.8 Å². The van der Waals surface area contributed by atoms with Crippen molar-refractivity contribution in [2.24, 2.45) is 0 Å². The second kappa shape index (κ2) is 5.98. The average Bonchev–Trinajstić information content (AvgIpc) is 2.56. The fourth-order valence-corrected chi connectivity index (χ4v) is 1.65. The van der Waals surface area contributed by atoms with Gasteiger partial charge in [0.1, 0.15) is 0 Å². The first-order chi connectivity index (χ1) is 6.68. The molecule has 1 aliphatic heterocycles. The van der Waals surface area contributed by atoms with Crippen LogP contribution in [0.3, 0.4) is 0 Å². The van der Waals surface area contributed by atoms with E-state index in [1.54, 1.807) is 6.92 Å². The van der Waals surface area contributed by atoms with Gasteiger partial charge < -0.3 is 15.7 Å². The molecule has 1 rings (SSSR count). The lowest BCUT2D eigenvalue weighted by atomic mass is 10.1. The average molecular weight is 200 g/mol. The Kier molecular flexibility index (Phi) is 4.90. The quantitative estimate of drug-likeness (QED) is 0.586. The van der Waals surface area contributed by atoms with Crippen LogP contribution in [-0.2, 0) is 4.79 Å². The summed E-state index contributed by atoms with van der Waals surface area (Å²) in [7, 11) is 0. The minimum Gasteiger partial charge on any atom is -0.393 e. The highest BCUT2D eigenvalue weighted by molar-refractivity contribution is 5.76. The maximum atomic E-state index is 11.3. The number of aliphatic hydroxyl groups is 1. The first kappa shape index (κ1) is 11.5. The number of nitrogens with one attached hydrogen (secondary N) is 2. The third-order valence-electron chi connectivity index (χ3n) is 2.48. The van der Waals surface area contributed by atoms with Gasteiger partial charge in [0.25, 0.3) is 0 Å². The Morgan fingerprint density at radius 1 is 1.71 bits per heavy atom. The topological polar surface area (TPSA) is 61.4 Å². The maximum Gasteiger partial charge on any atom is 0.221 e. The molecule has 3 N–H and O–H groups in total. The number of hydrogen-bond acceptors (Lipinski definition) is 3. The first-order valence-electron chi connectivity index (χ1n) is 5.36. The second-order valence-corrected chi connectivity index (χ2v) is 3.99. The molecular formula is C10H20N2O2. The van der Waals surface area contributed by atoms with Crippen molar-refractivity contribution in [1.82, 2.24) is 10.6 Å². The van der Waals surface area contributed by atoms with E-state index in [2.05, 4.69) is 10.6 Å². The molecule has 82 valence electrons. The van der Waals surface area contributed by atoms with Crippen LogP contribution >= 0.6 is 0 Å². The van der Waals surface area contributed by atoms with Crippen LogP contribution in [0, 0.1) is 0 Å². The molecule has 1 heterocycles. The van der Waals surface area contributed by atoms with E-state index in [1.165, 1.54) is 6.42 Å². The summed E-state index contributed by atoms with van der Waals surface area (Å²) < 4.78 is 0. The normalized spacial score (nSPS) is 23.4. The highest BCUT2D eigenvalue weighted by Crippen LogP contribution is 2.07. The zero-order valence-corrected chi connectivity index (χ0v) is 8.75. The Balaban J connectivity index is 2.03. The van der Waals surface area contributed by atoms with Gasteiger partial charge in [-0.1, -0.05) is 0 Å². The SMILES string of the molecule is CC(O)CCNC(=O)CC1CCCN1. The van der Waals surface area contributed by atoms with E-state index in [9.17, 15) is 4.79 Å². The molecule has 0 aliphatic carbocycles. The van der Waals surface area contributed by atoms with Gasteiger partial charge in [-0.25, -0.2) is 0 Å². The number of rotatable bonds is 5. The van der Waals surface area contributed by atoms with Crippen LogP contribution in [-0.4, -0.2) is 36.2 Å². The summed E-state index contributed by atoms with van der Waals surface area (Å²) in [6.07, 6.45) is 3.14. The molecular weight excluding hydrogens is 180 g/mol. The lowest BCUT2D eigenvalue weighted by Gasteiger charge is -2.10. The second-order valence-electron chi connectivity index (χ2n) is 3.99. The van der Waals surface area contributed by atoms with Gasteiger partial charge in [0, 0.05) is 19.0 Å². The third kappa shape index (κ3) is 4.58. The summed E-state index contributed by atoms with van der Waals surface area (Å²) in [5, 5.41) is 15.1. The molecule has 2 atom stereocenters. The van der Waals surface area contributed by atoms with E-state index < -0.39 is 0 Å². The van der Waals surface area contributed by atoms with Gasteiger partial charge in [0.15, 0.2) is 0 Å². The van der Waals surface area contributed by atoms with E-state index in [4.69, 9.17) is 5.11 Å². The molecule has 4 nitrogen and oxygen atoms in total. The maximum absolute atomic E-state index is 11.3. The van der Waals surface area contributed by atoms with Gasteiger partial charge in [0.05, 0.1) is 6.10 Å². The molecule has 0 aromatic carbocycles. The lowest BCUT2D eigenvalue weighted by molar-refractivity contribution is -0.121. The molecule has 0 radical (unpaired) electrons. The van der Waals surface area contributed by atoms with Crippen LogP contribution in [0.2, 0.25) is 0 Å². The van der Waals surface area contributed by atoms with Gasteiger partial charge in [-0.15, -0.1) is 0 Å². The molecule has 1 saturated heterocycles. The van der Waals surface area contributed by atoms with Gasteiger partial charge in [-0.3, -0.25) is 4.79 Å². The Morgan fingerprint density at radius 2 is 2.50 bits per heavy atom. The largest absolute Gasteiger partial charge is 0.393 e. The third-order valence-corrected chi connectivity index (χ3v) is 2.48. The summed E-state index contributed by atoms with van der Waals surface area (Å²) >= 11 is 0. The van der Waals surface area contributed by atoms with Crippen LogP contribution in [0.1, 0.15) is 32.6 Å². The summed E-state index contributed by atoms with van der Waals surface area (Å²) in [6, 6.07) is 0.363. The Bertz CT molecular complexity index is 177. The molecule has 14 heavy (non-hydrogen) atoms. The summed E-state index contributed by atoms with van der Waals surface area (Å²) in [4.78, 5) is 11.3.